The zero-order valence-electron chi connectivity index (χ0n) is 7.94. The molecule has 14 heavy (non-hydrogen) atoms. The first-order chi connectivity index (χ1) is 6.79. The second kappa shape index (κ2) is 3.84. The highest BCUT2D eigenvalue weighted by molar-refractivity contribution is 6.34. The van der Waals surface area contributed by atoms with Gasteiger partial charge in [-0.2, -0.15) is 0 Å². The van der Waals surface area contributed by atoms with Gasteiger partial charge < -0.3 is 4.90 Å². The largest absolute Gasteiger partial charge is 0.340 e. The van der Waals surface area contributed by atoms with Gasteiger partial charge in [0.1, 0.15) is 0 Å². The van der Waals surface area contributed by atoms with E-state index in [-0.39, 0.29) is 0 Å². The van der Waals surface area contributed by atoms with E-state index in [1.54, 1.807) is 6.20 Å². The first kappa shape index (κ1) is 9.28. The molecule has 1 aromatic carbocycles. The highest BCUT2D eigenvalue weighted by Crippen LogP contribution is 2.29. The average Bonchev–Trinajstić information content (AvgIpc) is 2.23. The second-order valence-corrected chi connectivity index (χ2v) is 3.57. The molecule has 0 saturated heterocycles. The standard InChI is InChI=1S/C11H11ClN2/c1-9-3-2-4-10(11(9)12)14-7-5-13-6-8-14/h2-7H,8H2,1H3. The number of aryl methyl sites for hydroxylation is 1. The Labute approximate surface area is 88.5 Å². The molecule has 2 nitrogen and oxygen atoms in total. The van der Waals surface area contributed by atoms with E-state index in [1.165, 1.54) is 0 Å². The van der Waals surface area contributed by atoms with Gasteiger partial charge in [0.05, 0.1) is 17.3 Å². The van der Waals surface area contributed by atoms with Crippen molar-refractivity contribution in [3.63, 3.8) is 0 Å². The smallest absolute Gasteiger partial charge is 0.0672 e. The van der Waals surface area contributed by atoms with Crippen molar-refractivity contribution in [2.24, 2.45) is 4.99 Å². The molecule has 2 rings (SSSR count). The highest BCUT2D eigenvalue weighted by Gasteiger charge is 2.09. The molecule has 0 aromatic heterocycles. The lowest BCUT2D eigenvalue weighted by Crippen LogP contribution is -2.20. The van der Waals surface area contributed by atoms with E-state index in [1.807, 2.05) is 37.5 Å². The third-order valence-corrected chi connectivity index (χ3v) is 2.69. The lowest BCUT2D eigenvalue weighted by molar-refractivity contribution is 1.10. The molecule has 0 fully saturated rings. The summed E-state index contributed by atoms with van der Waals surface area (Å²) in [4.78, 5) is 6.09. The van der Waals surface area contributed by atoms with Crippen molar-refractivity contribution in [1.29, 1.82) is 0 Å². The normalized spacial score (nSPS) is 14.9. The third kappa shape index (κ3) is 1.66. The maximum Gasteiger partial charge on any atom is 0.0672 e. The molecule has 0 atom stereocenters. The van der Waals surface area contributed by atoms with Gasteiger partial charge in [0.25, 0.3) is 0 Å². The van der Waals surface area contributed by atoms with Crippen LogP contribution in [0.3, 0.4) is 0 Å². The summed E-state index contributed by atoms with van der Waals surface area (Å²) in [6.07, 6.45) is 5.56. The first-order valence-electron chi connectivity index (χ1n) is 4.49. The van der Waals surface area contributed by atoms with Crippen LogP contribution in [-0.4, -0.2) is 12.8 Å². The minimum atomic E-state index is 0.777. The Kier molecular flexibility index (Phi) is 2.55. The Balaban J connectivity index is 2.36. The van der Waals surface area contributed by atoms with Crippen LogP contribution in [0.4, 0.5) is 5.69 Å². The SMILES string of the molecule is Cc1cccc(N2C=CN=CC2)c1Cl. The lowest BCUT2D eigenvalue weighted by Gasteiger charge is -2.21. The molecular weight excluding hydrogens is 196 g/mol. The number of hydrogen-bond acceptors (Lipinski definition) is 2. The van der Waals surface area contributed by atoms with Crippen molar-refractivity contribution in [2.75, 3.05) is 11.4 Å². The number of hydrogen-bond donors (Lipinski definition) is 0. The van der Waals surface area contributed by atoms with Gasteiger partial charge >= 0.3 is 0 Å². The number of halogens is 1. The molecule has 0 radical (unpaired) electrons. The Morgan fingerprint density at radius 1 is 1.43 bits per heavy atom. The molecule has 0 amide bonds. The number of rotatable bonds is 1. The molecule has 0 bridgehead atoms. The van der Waals surface area contributed by atoms with E-state index in [0.29, 0.717) is 0 Å². The monoisotopic (exact) mass is 206 g/mol. The predicted octanol–water partition coefficient (Wildman–Crippen LogP) is 3.01. The summed E-state index contributed by atoms with van der Waals surface area (Å²) in [6, 6.07) is 6.03. The summed E-state index contributed by atoms with van der Waals surface area (Å²) in [5.41, 5.74) is 2.13. The van der Waals surface area contributed by atoms with Crippen molar-refractivity contribution < 1.29 is 0 Å². The van der Waals surface area contributed by atoms with Crippen LogP contribution in [0.1, 0.15) is 5.56 Å². The van der Waals surface area contributed by atoms with Crippen LogP contribution in [-0.2, 0) is 0 Å². The summed E-state index contributed by atoms with van der Waals surface area (Å²) in [6.45, 7) is 2.78. The fraction of sp³-hybridized carbons (Fsp3) is 0.182. The Hall–Kier alpha value is -1.28. The first-order valence-corrected chi connectivity index (χ1v) is 4.87. The van der Waals surface area contributed by atoms with Gasteiger partial charge in [0, 0.05) is 18.6 Å². The van der Waals surface area contributed by atoms with E-state index >= 15 is 0 Å². The molecule has 1 aliphatic heterocycles. The topological polar surface area (TPSA) is 15.6 Å². The van der Waals surface area contributed by atoms with Crippen LogP contribution in [0.15, 0.2) is 35.6 Å². The van der Waals surface area contributed by atoms with Crippen LogP contribution in [0.5, 0.6) is 0 Å². The fourth-order valence-electron chi connectivity index (χ4n) is 1.41. The van der Waals surface area contributed by atoms with Crippen molar-refractivity contribution in [2.45, 2.75) is 6.92 Å². The molecule has 0 saturated carbocycles. The van der Waals surface area contributed by atoms with Gasteiger partial charge in [-0.05, 0) is 18.6 Å². The van der Waals surface area contributed by atoms with Gasteiger partial charge in [-0.3, -0.25) is 4.99 Å². The van der Waals surface area contributed by atoms with Crippen LogP contribution in [0.2, 0.25) is 5.02 Å². The molecule has 72 valence electrons. The minimum Gasteiger partial charge on any atom is -0.340 e. The lowest BCUT2D eigenvalue weighted by atomic mass is 10.2. The van der Waals surface area contributed by atoms with Crippen LogP contribution in [0, 0.1) is 6.92 Å². The Morgan fingerprint density at radius 3 is 3.00 bits per heavy atom. The fourth-order valence-corrected chi connectivity index (χ4v) is 1.64. The van der Waals surface area contributed by atoms with Crippen molar-refractivity contribution in [3.05, 3.63) is 41.2 Å². The zero-order chi connectivity index (χ0) is 9.97. The van der Waals surface area contributed by atoms with E-state index in [4.69, 9.17) is 11.6 Å². The van der Waals surface area contributed by atoms with Gasteiger partial charge in [-0.15, -0.1) is 0 Å². The van der Waals surface area contributed by atoms with E-state index in [0.717, 1.165) is 22.8 Å². The summed E-state index contributed by atoms with van der Waals surface area (Å²) in [5.74, 6) is 0. The molecule has 3 heteroatoms. The van der Waals surface area contributed by atoms with E-state index < -0.39 is 0 Å². The van der Waals surface area contributed by atoms with Crippen molar-refractivity contribution in [3.8, 4) is 0 Å². The predicted molar refractivity (Wildman–Crippen MR) is 61.2 cm³/mol. The summed E-state index contributed by atoms with van der Waals surface area (Å²) in [7, 11) is 0. The van der Waals surface area contributed by atoms with E-state index in [2.05, 4.69) is 9.89 Å². The average molecular weight is 207 g/mol. The summed E-state index contributed by atoms with van der Waals surface area (Å²) >= 11 is 6.21. The Morgan fingerprint density at radius 2 is 2.29 bits per heavy atom. The minimum absolute atomic E-state index is 0.777. The number of nitrogens with zero attached hydrogens (tertiary/aromatic N) is 2. The molecule has 0 aliphatic carbocycles. The molecule has 1 aromatic rings. The molecule has 0 unspecified atom stereocenters. The summed E-state index contributed by atoms with van der Waals surface area (Å²) in [5, 5.41) is 0.812. The zero-order valence-corrected chi connectivity index (χ0v) is 8.70. The molecule has 0 N–H and O–H groups in total. The molecule has 0 spiro atoms. The van der Waals surface area contributed by atoms with Gasteiger partial charge in [0.2, 0.25) is 0 Å². The summed E-state index contributed by atoms with van der Waals surface area (Å²) < 4.78 is 0. The van der Waals surface area contributed by atoms with E-state index in [9.17, 15) is 0 Å². The van der Waals surface area contributed by atoms with Gasteiger partial charge in [0.15, 0.2) is 0 Å². The molecular formula is C11H11ClN2. The maximum atomic E-state index is 6.21. The molecule has 1 heterocycles. The van der Waals surface area contributed by atoms with Crippen LogP contribution in [0.25, 0.3) is 0 Å². The third-order valence-electron chi connectivity index (χ3n) is 2.20. The molecule has 1 aliphatic rings. The van der Waals surface area contributed by atoms with Gasteiger partial charge in [-0.1, -0.05) is 23.7 Å². The highest BCUT2D eigenvalue weighted by atomic mass is 35.5. The Bertz CT molecular complexity index is 396. The van der Waals surface area contributed by atoms with Crippen molar-refractivity contribution in [1.82, 2.24) is 0 Å². The maximum absolute atomic E-state index is 6.21. The quantitative estimate of drug-likeness (QED) is 0.690. The number of benzene rings is 1. The van der Waals surface area contributed by atoms with Crippen LogP contribution >= 0.6 is 11.6 Å². The van der Waals surface area contributed by atoms with Gasteiger partial charge in [-0.25, -0.2) is 0 Å². The number of anilines is 1. The second-order valence-electron chi connectivity index (χ2n) is 3.19. The van der Waals surface area contributed by atoms with Crippen LogP contribution < -0.4 is 4.90 Å². The van der Waals surface area contributed by atoms with Crippen molar-refractivity contribution >= 4 is 23.5 Å². The number of aliphatic imine (C=N–C) groups is 1.